The molecule has 3 aromatic carbocycles. The van der Waals surface area contributed by atoms with Crippen molar-refractivity contribution < 1.29 is 38.0 Å². The van der Waals surface area contributed by atoms with Crippen molar-refractivity contribution in [2.24, 2.45) is 5.92 Å². The number of rotatable bonds is 5. The number of hydrogen-bond donors (Lipinski definition) is 1. The lowest BCUT2D eigenvalue weighted by Gasteiger charge is -2.39. The minimum absolute atomic E-state index is 0.0616. The van der Waals surface area contributed by atoms with Crippen molar-refractivity contribution in [3.05, 3.63) is 87.6 Å². The van der Waals surface area contributed by atoms with Crippen LogP contribution in [0.2, 0.25) is 0 Å². The number of aliphatic hydroxyl groups is 1. The molecule has 0 amide bonds. The van der Waals surface area contributed by atoms with Crippen molar-refractivity contribution in [1.29, 1.82) is 0 Å². The van der Waals surface area contributed by atoms with E-state index in [1.807, 2.05) is 0 Å². The Hall–Kier alpha value is -3.43. The molecule has 1 heterocycles. The molecule has 36 heavy (non-hydrogen) atoms. The van der Waals surface area contributed by atoms with Gasteiger partial charge >= 0.3 is 5.97 Å². The van der Waals surface area contributed by atoms with E-state index < -0.39 is 40.6 Å². The second kappa shape index (κ2) is 8.60. The number of methoxy groups -OCH3 is 3. The number of benzene rings is 3. The first-order valence-electron chi connectivity index (χ1n) is 11.0. The Morgan fingerprint density at radius 1 is 1.06 bits per heavy atom. The van der Waals surface area contributed by atoms with E-state index >= 15 is 0 Å². The van der Waals surface area contributed by atoms with E-state index in [0.717, 1.165) is 11.6 Å². The molecule has 7 nitrogen and oxygen atoms in total. The van der Waals surface area contributed by atoms with E-state index in [9.17, 15) is 19.1 Å². The molecule has 0 saturated heterocycles. The third-order valence-corrected chi connectivity index (χ3v) is 7.54. The summed E-state index contributed by atoms with van der Waals surface area (Å²) in [4.78, 5) is 27.3. The van der Waals surface area contributed by atoms with Gasteiger partial charge in [-0.05, 0) is 35.4 Å². The number of ether oxygens (including phenoxy) is 4. The summed E-state index contributed by atoms with van der Waals surface area (Å²) in [6, 6.07) is 15.4. The zero-order valence-corrected chi connectivity index (χ0v) is 21.2. The minimum Gasteiger partial charge on any atom is -0.496 e. The average molecular weight is 557 g/mol. The first kappa shape index (κ1) is 24.3. The zero-order valence-electron chi connectivity index (χ0n) is 19.6. The zero-order chi connectivity index (χ0) is 25.8. The quantitative estimate of drug-likeness (QED) is 0.371. The third-order valence-electron chi connectivity index (χ3n) is 7.01. The van der Waals surface area contributed by atoms with Gasteiger partial charge in [-0.25, -0.2) is 4.39 Å². The minimum atomic E-state index is -2.39. The standard InChI is InChI=1S/C27H22BrFO7/c1-33-18-12-19(34-2)23-20(13-18)36-27(15-7-9-16(28)10-8-15)22(14-5-4-6-17(29)11-14)21(25(31)35-3)24(30)26(23,27)32/h4-13,21-22,32H,1-3H3. The lowest BCUT2D eigenvalue weighted by molar-refractivity contribution is -0.155. The van der Waals surface area contributed by atoms with Crippen LogP contribution < -0.4 is 14.2 Å². The molecule has 1 N–H and O–H groups in total. The maximum absolute atomic E-state index is 14.5. The van der Waals surface area contributed by atoms with E-state index in [0.29, 0.717) is 11.3 Å². The first-order chi connectivity index (χ1) is 17.2. The van der Waals surface area contributed by atoms with Crippen LogP contribution in [0.1, 0.15) is 22.6 Å². The van der Waals surface area contributed by atoms with Crippen LogP contribution in [0.3, 0.4) is 0 Å². The van der Waals surface area contributed by atoms with Crippen molar-refractivity contribution in [3.63, 3.8) is 0 Å². The lowest BCUT2D eigenvalue weighted by Crippen LogP contribution is -2.50. The molecule has 5 rings (SSSR count). The van der Waals surface area contributed by atoms with Crippen molar-refractivity contribution in [2.75, 3.05) is 21.3 Å². The molecule has 1 fully saturated rings. The summed E-state index contributed by atoms with van der Waals surface area (Å²) in [6.07, 6.45) is 0. The van der Waals surface area contributed by atoms with Crippen molar-refractivity contribution in [2.45, 2.75) is 17.1 Å². The second-order valence-electron chi connectivity index (χ2n) is 8.66. The highest BCUT2D eigenvalue weighted by atomic mass is 79.9. The molecule has 186 valence electrons. The van der Waals surface area contributed by atoms with Crippen LogP contribution in [-0.4, -0.2) is 38.2 Å². The van der Waals surface area contributed by atoms with Gasteiger partial charge in [-0.1, -0.05) is 40.2 Å². The van der Waals surface area contributed by atoms with Gasteiger partial charge in [0.15, 0.2) is 11.4 Å². The first-order valence-corrected chi connectivity index (χ1v) is 11.8. The molecular formula is C27H22BrFO7. The number of hydrogen-bond acceptors (Lipinski definition) is 7. The predicted molar refractivity (Wildman–Crippen MR) is 130 cm³/mol. The predicted octanol–water partition coefficient (Wildman–Crippen LogP) is 4.24. The molecule has 1 aliphatic heterocycles. The second-order valence-corrected chi connectivity index (χ2v) is 9.57. The van der Waals surface area contributed by atoms with Crippen LogP contribution in [0.25, 0.3) is 0 Å². The average Bonchev–Trinajstić information content (AvgIpc) is 3.26. The van der Waals surface area contributed by atoms with E-state index in [1.54, 1.807) is 30.3 Å². The fourth-order valence-electron chi connectivity index (χ4n) is 5.56. The Bertz CT molecular complexity index is 1380. The molecule has 2 aliphatic rings. The number of carbonyl (C=O) groups is 2. The van der Waals surface area contributed by atoms with Crippen LogP contribution in [0.4, 0.5) is 4.39 Å². The van der Waals surface area contributed by atoms with Gasteiger partial charge in [0.25, 0.3) is 0 Å². The van der Waals surface area contributed by atoms with Gasteiger partial charge in [0.05, 0.1) is 32.8 Å². The van der Waals surface area contributed by atoms with Crippen LogP contribution in [0.5, 0.6) is 17.2 Å². The highest BCUT2D eigenvalue weighted by Crippen LogP contribution is 2.68. The molecule has 0 bridgehead atoms. The van der Waals surface area contributed by atoms with Gasteiger partial charge in [0.2, 0.25) is 5.60 Å². The molecule has 1 saturated carbocycles. The monoisotopic (exact) mass is 556 g/mol. The van der Waals surface area contributed by atoms with E-state index in [4.69, 9.17) is 18.9 Å². The van der Waals surface area contributed by atoms with Crippen LogP contribution in [0.15, 0.2) is 65.1 Å². The Kier molecular flexibility index (Phi) is 5.80. The fraction of sp³-hybridized carbons (Fsp3) is 0.259. The molecule has 3 aromatic rings. The summed E-state index contributed by atoms with van der Waals surface area (Å²) < 4.78 is 37.7. The van der Waals surface area contributed by atoms with Gasteiger partial charge in [0.1, 0.15) is 29.0 Å². The van der Waals surface area contributed by atoms with Crippen LogP contribution in [-0.2, 0) is 25.5 Å². The SMILES string of the molecule is COC(=O)C1C(=O)C2(O)c3c(OC)cc(OC)cc3OC2(c2ccc(Br)cc2)C1c1cccc(F)c1. The van der Waals surface area contributed by atoms with Crippen LogP contribution >= 0.6 is 15.9 Å². The van der Waals surface area contributed by atoms with Crippen molar-refractivity contribution in [1.82, 2.24) is 0 Å². The molecule has 0 radical (unpaired) electrons. The lowest BCUT2D eigenvalue weighted by atomic mass is 9.70. The van der Waals surface area contributed by atoms with Gasteiger partial charge in [-0.15, -0.1) is 0 Å². The normalized spacial score (nSPS) is 26.1. The summed E-state index contributed by atoms with van der Waals surface area (Å²) in [6.45, 7) is 0. The molecule has 0 aromatic heterocycles. The van der Waals surface area contributed by atoms with Crippen molar-refractivity contribution >= 4 is 27.7 Å². The van der Waals surface area contributed by atoms with Crippen LogP contribution in [0, 0.1) is 11.7 Å². The van der Waals surface area contributed by atoms with E-state index in [-0.39, 0.29) is 22.6 Å². The number of fused-ring (bicyclic) bond motifs is 3. The third kappa shape index (κ3) is 3.12. The molecule has 1 aliphatic carbocycles. The van der Waals surface area contributed by atoms with Gasteiger partial charge in [0, 0.05) is 16.6 Å². The summed E-state index contributed by atoms with van der Waals surface area (Å²) >= 11 is 3.40. The van der Waals surface area contributed by atoms with Gasteiger partial charge in [-0.2, -0.15) is 0 Å². The van der Waals surface area contributed by atoms with Gasteiger partial charge in [-0.3, -0.25) is 9.59 Å². The highest BCUT2D eigenvalue weighted by Gasteiger charge is 2.78. The summed E-state index contributed by atoms with van der Waals surface area (Å²) in [5, 5.41) is 12.5. The number of ketones is 1. The maximum Gasteiger partial charge on any atom is 0.317 e. The summed E-state index contributed by atoms with van der Waals surface area (Å²) in [5.74, 6) is -4.26. The van der Waals surface area contributed by atoms with E-state index in [1.165, 1.54) is 44.6 Å². The Labute approximate surface area is 214 Å². The molecule has 4 unspecified atom stereocenters. The topological polar surface area (TPSA) is 91.3 Å². The number of esters is 1. The largest absolute Gasteiger partial charge is 0.496 e. The highest BCUT2D eigenvalue weighted by molar-refractivity contribution is 9.10. The molecule has 4 atom stereocenters. The number of Topliss-reactive ketones (excluding diaryl/α,β-unsaturated/α-hetero) is 1. The van der Waals surface area contributed by atoms with Gasteiger partial charge < -0.3 is 24.1 Å². The fourth-order valence-corrected chi connectivity index (χ4v) is 5.83. The summed E-state index contributed by atoms with van der Waals surface area (Å²) in [5.41, 5.74) is -3.49. The molecule has 0 spiro atoms. The summed E-state index contributed by atoms with van der Waals surface area (Å²) in [7, 11) is 4.01. The Morgan fingerprint density at radius 2 is 1.78 bits per heavy atom. The maximum atomic E-state index is 14.5. The number of halogens is 2. The molecular weight excluding hydrogens is 535 g/mol. The Balaban J connectivity index is 1.91. The smallest absolute Gasteiger partial charge is 0.317 e. The molecule has 9 heteroatoms. The van der Waals surface area contributed by atoms with E-state index in [2.05, 4.69) is 15.9 Å². The number of carbonyl (C=O) groups excluding carboxylic acids is 2. The van der Waals surface area contributed by atoms with Crippen molar-refractivity contribution in [3.8, 4) is 17.2 Å². The Morgan fingerprint density at radius 3 is 2.39 bits per heavy atom.